The van der Waals surface area contributed by atoms with Crippen molar-refractivity contribution in [2.24, 2.45) is 0 Å². The van der Waals surface area contributed by atoms with Gasteiger partial charge >= 0.3 is 5.97 Å². The number of carbonyl (C=O) groups is 1. The summed E-state index contributed by atoms with van der Waals surface area (Å²) in [5.41, 5.74) is 0.0651. The van der Waals surface area contributed by atoms with E-state index in [9.17, 15) is 23.3 Å². The minimum atomic E-state index is -3.64. The van der Waals surface area contributed by atoms with Gasteiger partial charge in [-0.2, -0.15) is 4.31 Å². The molecule has 140 valence electrons. The largest absolute Gasteiger partial charge is 0.432 e. The van der Waals surface area contributed by atoms with E-state index in [2.05, 4.69) is 4.84 Å². The lowest BCUT2D eigenvalue weighted by atomic mass is 10.2. The quantitative estimate of drug-likeness (QED) is 0.267. The Labute approximate surface area is 146 Å². The Bertz CT molecular complexity index is 682. The Morgan fingerprint density at radius 3 is 2.16 bits per heavy atom. The van der Waals surface area contributed by atoms with Crippen molar-refractivity contribution < 1.29 is 27.9 Å². The molecule has 25 heavy (non-hydrogen) atoms. The normalized spacial score (nSPS) is 12.6. The first-order valence-electron chi connectivity index (χ1n) is 7.84. The summed E-state index contributed by atoms with van der Waals surface area (Å²) in [6.07, 6.45) is 0.0196. The van der Waals surface area contributed by atoms with E-state index in [1.165, 1.54) is 35.5 Å². The van der Waals surface area contributed by atoms with Crippen LogP contribution in [0.5, 0.6) is 0 Å². The summed E-state index contributed by atoms with van der Waals surface area (Å²) in [5.74, 6) is -0.850. The van der Waals surface area contributed by atoms with Crippen molar-refractivity contribution >= 4 is 16.0 Å². The second kappa shape index (κ2) is 9.33. The Hall–Kier alpha value is -2.20. The standard InChI is InChI=1S/C15H22N2O7S/c1-4-10-16(11-5-2)25(21,22)14-8-6-13(7-9-14)15(18)23-12(3)24-17(19)20/h6-9,12H,4-5,10-11H2,1-3H3. The van der Waals surface area contributed by atoms with E-state index in [0.29, 0.717) is 25.9 Å². The van der Waals surface area contributed by atoms with Crippen molar-refractivity contribution in [2.75, 3.05) is 13.1 Å². The molecule has 0 aromatic heterocycles. The van der Waals surface area contributed by atoms with Crippen molar-refractivity contribution in [1.29, 1.82) is 0 Å². The van der Waals surface area contributed by atoms with Gasteiger partial charge in [0.2, 0.25) is 16.3 Å². The number of ether oxygens (including phenoxy) is 1. The van der Waals surface area contributed by atoms with E-state index >= 15 is 0 Å². The molecule has 0 heterocycles. The zero-order valence-electron chi connectivity index (χ0n) is 14.4. The highest BCUT2D eigenvalue weighted by Crippen LogP contribution is 2.18. The molecule has 0 radical (unpaired) electrons. The van der Waals surface area contributed by atoms with Crippen LogP contribution in [0.1, 0.15) is 44.0 Å². The second-order valence-electron chi connectivity index (χ2n) is 5.23. The van der Waals surface area contributed by atoms with Crippen molar-refractivity contribution in [1.82, 2.24) is 4.31 Å². The van der Waals surface area contributed by atoms with Crippen LogP contribution < -0.4 is 0 Å². The first kappa shape index (κ1) is 20.8. The number of hydrogen-bond acceptors (Lipinski definition) is 7. The third-order valence-corrected chi connectivity index (χ3v) is 5.09. The summed E-state index contributed by atoms with van der Waals surface area (Å²) < 4.78 is 31.3. The van der Waals surface area contributed by atoms with Crippen LogP contribution in [-0.4, -0.2) is 43.2 Å². The third-order valence-electron chi connectivity index (χ3n) is 3.18. The lowest BCUT2D eigenvalue weighted by molar-refractivity contribution is -0.777. The average molecular weight is 374 g/mol. The highest BCUT2D eigenvalue weighted by atomic mass is 32.2. The molecule has 0 aliphatic rings. The van der Waals surface area contributed by atoms with Gasteiger partial charge in [0.15, 0.2) is 0 Å². The molecular formula is C15H22N2O7S. The summed E-state index contributed by atoms with van der Waals surface area (Å²) >= 11 is 0. The molecule has 0 aliphatic carbocycles. The van der Waals surface area contributed by atoms with Gasteiger partial charge in [0, 0.05) is 13.1 Å². The van der Waals surface area contributed by atoms with Gasteiger partial charge in [-0.05, 0) is 44.0 Å². The second-order valence-corrected chi connectivity index (χ2v) is 7.17. The maximum Gasteiger partial charge on any atom is 0.340 e. The van der Waals surface area contributed by atoms with E-state index in [-0.39, 0.29) is 10.5 Å². The molecule has 0 N–H and O–H groups in total. The molecule has 0 bridgehead atoms. The molecule has 0 aliphatic heterocycles. The minimum Gasteiger partial charge on any atom is -0.432 e. The fourth-order valence-corrected chi connectivity index (χ4v) is 3.75. The molecule has 1 unspecified atom stereocenters. The lowest BCUT2D eigenvalue weighted by Gasteiger charge is -2.21. The molecule has 1 aromatic rings. The van der Waals surface area contributed by atoms with Gasteiger partial charge in [-0.3, -0.25) is 4.84 Å². The molecule has 10 heteroatoms. The van der Waals surface area contributed by atoms with Crippen molar-refractivity contribution in [2.45, 2.75) is 44.8 Å². The Morgan fingerprint density at radius 2 is 1.72 bits per heavy atom. The third kappa shape index (κ3) is 5.98. The molecule has 9 nitrogen and oxygen atoms in total. The van der Waals surface area contributed by atoms with Crippen LogP contribution in [0.3, 0.4) is 0 Å². The van der Waals surface area contributed by atoms with Gasteiger partial charge in [0.25, 0.3) is 5.09 Å². The van der Waals surface area contributed by atoms with Crippen LogP contribution >= 0.6 is 0 Å². The summed E-state index contributed by atoms with van der Waals surface area (Å²) in [6, 6.07) is 5.21. The maximum absolute atomic E-state index is 12.6. The SMILES string of the molecule is CCCN(CCC)S(=O)(=O)c1ccc(C(=O)OC(C)O[N+](=O)[O-])cc1. The van der Waals surface area contributed by atoms with Crippen LogP contribution in [-0.2, 0) is 19.6 Å². The molecule has 1 aromatic carbocycles. The summed E-state index contributed by atoms with van der Waals surface area (Å²) in [4.78, 5) is 26.2. The van der Waals surface area contributed by atoms with Gasteiger partial charge in [-0.1, -0.05) is 13.8 Å². The Balaban J connectivity index is 2.90. The van der Waals surface area contributed by atoms with Gasteiger partial charge in [-0.25, -0.2) is 13.2 Å². The first-order chi connectivity index (χ1) is 11.7. The van der Waals surface area contributed by atoms with Crippen LogP contribution in [0.25, 0.3) is 0 Å². The lowest BCUT2D eigenvalue weighted by Crippen LogP contribution is -2.32. The molecule has 1 atom stereocenters. The van der Waals surface area contributed by atoms with Gasteiger partial charge in [0.05, 0.1) is 10.5 Å². The highest BCUT2D eigenvalue weighted by molar-refractivity contribution is 7.89. The van der Waals surface area contributed by atoms with Crippen LogP contribution in [0.4, 0.5) is 0 Å². The number of benzene rings is 1. The molecule has 0 spiro atoms. The fraction of sp³-hybridized carbons (Fsp3) is 0.533. The van der Waals surface area contributed by atoms with Crippen LogP contribution in [0.15, 0.2) is 29.2 Å². The van der Waals surface area contributed by atoms with Gasteiger partial charge in [0.1, 0.15) is 0 Å². The molecule has 0 saturated heterocycles. The van der Waals surface area contributed by atoms with E-state index in [4.69, 9.17) is 4.74 Å². The molecule has 0 amide bonds. The van der Waals surface area contributed by atoms with E-state index in [1.54, 1.807) is 0 Å². The monoisotopic (exact) mass is 374 g/mol. The van der Waals surface area contributed by atoms with Crippen LogP contribution in [0, 0.1) is 10.1 Å². The van der Waals surface area contributed by atoms with E-state index < -0.39 is 27.4 Å². The molecule has 0 saturated carbocycles. The van der Waals surface area contributed by atoms with E-state index in [1.807, 2.05) is 13.8 Å². The van der Waals surface area contributed by atoms with Crippen molar-refractivity contribution in [3.8, 4) is 0 Å². The predicted molar refractivity (Wildman–Crippen MR) is 88.7 cm³/mol. The Kier molecular flexibility index (Phi) is 7.78. The number of nitrogens with zero attached hydrogens (tertiary/aromatic N) is 2. The summed E-state index contributed by atoms with van der Waals surface area (Å²) in [7, 11) is -3.64. The number of sulfonamides is 1. The maximum atomic E-state index is 12.6. The number of hydrogen-bond donors (Lipinski definition) is 0. The summed E-state index contributed by atoms with van der Waals surface area (Å²) in [5, 5.41) is 9.11. The van der Waals surface area contributed by atoms with Gasteiger partial charge in [-0.15, -0.1) is 10.1 Å². The Morgan fingerprint density at radius 1 is 1.20 bits per heavy atom. The number of rotatable bonds is 10. The first-order valence-corrected chi connectivity index (χ1v) is 9.28. The van der Waals surface area contributed by atoms with E-state index in [0.717, 1.165) is 0 Å². The van der Waals surface area contributed by atoms with Crippen molar-refractivity contribution in [3.63, 3.8) is 0 Å². The number of carbonyl (C=O) groups excluding carboxylic acids is 1. The highest BCUT2D eigenvalue weighted by Gasteiger charge is 2.23. The average Bonchev–Trinajstić information content (AvgIpc) is 2.53. The van der Waals surface area contributed by atoms with Crippen molar-refractivity contribution in [3.05, 3.63) is 39.9 Å². The minimum absolute atomic E-state index is 0.0651. The topological polar surface area (TPSA) is 116 Å². The smallest absolute Gasteiger partial charge is 0.340 e. The molecular weight excluding hydrogens is 352 g/mol. The van der Waals surface area contributed by atoms with Gasteiger partial charge < -0.3 is 4.74 Å². The van der Waals surface area contributed by atoms with Crippen LogP contribution in [0.2, 0.25) is 0 Å². The molecule has 0 fully saturated rings. The predicted octanol–water partition coefficient (Wildman–Crippen LogP) is 2.21. The zero-order chi connectivity index (χ0) is 19.0. The fourth-order valence-electron chi connectivity index (χ4n) is 2.12. The number of esters is 1. The zero-order valence-corrected chi connectivity index (χ0v) is 15.2. The molecule has 1 rings (SSSR count). The summed E-state index contributed by atoms with van der Waals surface area (Å²) in [6.45, 7) is 5.81.